The number of hydrogen-bond acceptors (Lipinski definition) is 7. The third kappa shape index (κ3) is 2.48. The predicted octanol–water partition coefficient (Wildman–Crippen LogP) is 2.36. The van der Waals surface area contributed by atoms with Crippen molar-refractivity contribution in [1.29, 1.82) is 15.8 Å². The van der Waals surface area contributed by atoms with E-state index >= 15 is 0 Å². The van der Waals surface area contributed by atoms with E-state index in [0.717, 1.165) is 24.0 Å². The number of nitriles is 3. The highest BCUT2D eigenvalue weighted by Gasteiger charge is 2.58. The number of hydrogen-bond donors (Lipinski definition) is 1. The molecule has 150 valence electrons. The van der Waals surface area contributed by atoms with E-state index in [4.69, 9.17) is 10.5 Å². The van der Waals surface area contributed by atoms with Crippen molar-refractivity contribution in [3.63, 3.8) is 0 Å². The second-order valence-corrected chi connectivity index (χ2v) is 8.05. The molecular formula is C23H21N5O2. The molecule has 2 heterocycles. The van der Waals surface area contributed by atoms with Gasteiger partial charge in [0.25, 0.3) is 0 Å². The Hall–Kier alpha value is -3.60. The van der Waals surface area contributed by atoms with Crippen molar-refractivity contribution in [3.8, 4) is 18.2 Å². The average Bonchev–Trinajstić information content (AvgIpc) is 3.01. The Morgan fingerprint density at radius 1 is 1.20 bits per heavy atom. The lowest BCUT2D eigenvalue weighted by atomic mass is 9.56. The summed E-state index contributed by atoms with van der Waals surface area (Å²) >= 11 is 0. The van der Waals surface area contributed by atoms with Crippen LogP contribution in [-0.2, 0) is 4.74 Å². The lowest BCUT2D eigenvalue weighted by Gasteiger charge is -2.48. The monoisotopic (exact) mass is 399 g/mol. The number of methoxy groups -OCH3 is 1. The highest BCUT2D eigenvalue weighted by Crippen LogP contribution is 2.58. The number of fused-ring (bicyclic) bond motifs is 4. The number of nitrogens with two attached hydrogens (primary N) is 1. The first-order chi connectivity index (χ1) is 14.4. The van der Waals surface area contributed by atoms with Gasteiger partial charge in [-0.3, -0.25) is 4.90 Å². The minimum atomic E-state index is -1.67. The normalized spacial score (nSPS) is 29.1. The van der Waals surface area contributed by atoms with Crippen LogP contribution in [0.3, 0.4) is 0 Å². The largest absolute Gasteiger partial charge is 0.465 e. The molecule has 0 saturated carbocycles. The molecule has 2 N–H and O–H groups in total. The van der Waals surface area contributed by atoms with Crippen LogP contribution in [0.4, 0.5) is 0 Å². The number of nitrogens with zero attached hydrogens (tertiary/aromatic N) is 4. The summed E-state index contributed by atoms with van der Waals surface area (Å²) in [4.78, 5) is 14.1. The van der Waals surface area contributed by atoms with Crippen molar-refractivity contribution in [2.75, 3.05) is 14.2 Å². The van der Waals surface area contributed by atoms with Crippen LogP contribution in [0.25, 0.3) is 0 Å². The van der Waals surface area contributed by atoms with Gasteiger partial charge in [-0.25, -0.2) is 4.79 Å². The zero-order valence-corrected chi connectivity index (χ0v) is 16.8. The van der Waals surface area contributed by atoms with Gasteiger partial charge in [-0.15, -0.1) is 0 Å². The molecule has 7 heteroatoms. The van der Waals surface area contributed by atoms with E-state index in [1.54, 1.807) is 24.3 Å². The number of benzene rings is 1. The van der Waals surface area contributed by atoms with E-state index in [1.165, 1.54) is 7.11 Å². The molecule has 0 amide bonds. The first kappa shape index (κ1) is 19.7. The van der Waals surface area contributed by atoms with Crippen LogP contribution in [0.15, 0.2) is 47.2 Å². The summed E-state index contributed by atoms with van der Waals surface area (Å²) < 4.78 is 4.77. The zero-order valence-electron chi connectivity index (χ0n) is 16.8. The SMILES string of the molecule is COC(=O)c1ccc([C@@H]2[C@H]3C(=C[C@H]4CC[C@H]3N4C)C(C#N)=C(N)C2(C#N)C#N)cc1. The molecule has 7 nitrogen and oxygen atoms in total. The van der Waals surface area contributed by atoms with Crippen LogP contribution in [-0.4, -0.2) is 37.1 Å². The molecule has 30 heavy (non-hydrogen) atoms. The Bertz CT molecular complexity index is 1080. The highest BCUT2D eigenvalue weighted by molar-refractivity contribution is 5.89. The molecule has 1 aromatic rings. The summed E-state index contributed by atoms with van der Waals surface area (Å²) in [5, 5.41) is 30.2. The molecule has 1 aliphatic carbocycles. The third-order valence-electron chi connectivity index (χ3n) is 6.91. The highest BCUT2D eigenvalue weighted by atomic mass is 16.5. The van der Waals surface area contributed by atoms with Crippen LogP contribution < -0.4 is 5.73 Å². The number of carbonyl (C=O) groups excluding carboxylic acids is 1. The van der Waals surface area contributed by atoms with Crippen LogP contribution in [0.5, 0.6) is 0 Å². The Balaban J connectivity index is 1.96. The third-order valence-corrected chi connectivity index (χ3v) is 6.91. The molecule has 0 spiro atoms. The molecule has 1 fully saturated rings. The number of allylic oxidation sites excluding steroid dienone is 2. The zero-order chi connectivity index (χ0) is 21.6. The van der Waals surface area contributed by atoms with E-state index in [1.807, 2.05) is 7.05 Å². The first-order valence-corrected chi connectivity index (χ1v) is 9.78. The summed E-state index contributed by atoms with van der Waals surface area (Å²) in [5.74, 6) is -1.24. The Morgan fingerprint density at radius 2 is 1.87 bits per heavy atom. The van der Waals surface area contributed by atoms with Gasteiger partial charge in [0.1, 0.15) is 6.07 Å². The maximum atomic E-state index is 11.8. The summed E-state index contributed by atoms with van der Waals surface area (Å²) in [6.45, 7) is 0. The number of carbonyl (C=O) groups is 1. The van der Waals surface area contributed by atoms with Crippen LogP contribution in [0.2, 0.25) is 0 Å². The van der Waals surface area contributed by atoms with E-state index in [-0.39, 0.29) is 29.3 Å². The van der Waals surface area contributed by atoms with Gasteiger partial charge in [-0.05, 0) is 43.2 Å². The minimum absolute atomic E-state index is 0.0171. The lowest BCUT2D eigenvalue weighted by molar-refractivity contribution is 0.0600. The molecule has 0 unspecified atom stereocenters. The maximum absolute atomic E-state index is 11.8. The van der Waals surface area contributed by atoms with Gasteiger partial charge in [-0.1, -0.05) is 18.2 Å². The molecule has 2 aliphatic heterocycles. The quantitative estimate of drug-likeness (QED) is 0.756. The molecule has 0 aromatic heterocycles. The number of esters is 1. The number of ether oxygens (including phenoxy) is 1. The molecule has 3 aliphatic rings. The van der Waals surface area contributed by atoms with Gasteiger partial charge in [0.2, 0.25) is 0 Å². The van der Waals surface area contributed by atoms with E-state index in [2.05, 4.69) is 29.2 Å². The van der Waals surface area contributed by atoms with Gasteiger partial charge in [-0.2, -0.15) is 15.8 Å². The van der Waals surface area contributed by atoms with Crippen molar-refractivity contribution in [1.82, 2.24) is 4.90 Å². The van der Waals surface area contributed by atoms with Gasteiger partial charge >= 0.3 is 5.97 Å². The van der Waals surface area contributed by atoms with E-state index < -0.39 is 17.3 Å². The van der Waals surface area contributed by atoms with Crippen molar-refractivity contribution in [2.24, 2.45) is 17.1 Å². The smallest absolute Gasteiger partial charge is 0.337 e. The molecule has 0 radical (unpaired) electrons. The van der Waals surface area contributed by atoms with Crippen LogP contribution in [0, 0.1) is 45.3 Å². The molecule has 4 rings (SSSR count). The summed E-state index contributed by atoms with van der Waals surface area (Å²) in [6, 6.07) is 13.6. The molecular weight excluding hydrogens is 378 g/mol. The molecule has 1 saturated heterocycles. The first-order valence-electron chi connectivity index (χ1n) is 9.78. The standard InChI is InChI=1S/C23H21N5O2/c1-28-15-7-8-18(28)19-16(9-15)17(10-24)21(27)23(11-25,12-26)20(19)13-3-5-14(6-4-13)22(29)30-2/h3-6,9,15,18-20H,7-8,27H2,1-2H3/t15-,18-,19+,20-/m1/s1. The molecule has 2 bridgehead atoms. The number of likely N-dealkylation sites (N-methyl/N-ethyl adjacent to an activating group) is 1. The van der Waals surface area contributed by atoms with Gasteiger partial charge in [0.15, 0.2) is 5.41 Å². The summed E-state index contributed by atoms with van der Waals surface area (Å²) in [6.07, 6.45) is 3.95. The fraction of sp³-hybridized carbons (Fsp3) is 0.391. The van der Waals surface area contributed by atoms with Crippen molar-refractivity contribution < 1.29 is 9.53 Å². The summed E-state index contributed by atoms with van der Waals surface area (Å²) in [7, 11) is 3.36. The average molecular weight is 399 g/mol. The van der Waals surface area contributed by atoms with Crippen LogP contribution >= 0.6 is 0 Å². The molecule has 4 atom stereocenters. The Morgan fingerprint density at radius 3 is 2.43 bits per heavy atom. The maximum Gasteiger partial charge on any atom is 0.337 e. The van der Waals surface area contributed by atoms with Crippen LogP contribution in [0.1, 0.15) is 34.7 Å². The number of rotatable bonds is 2. The second-order valence-electron chi connectivity index (χ2n) is 8.05. The van der Waals surface area contributed by atoms with Gasteiger partial charge < -0.3 is 10.5 Å². The van der Waals surface area contributed by atoms with Crippen molar-refractivity contribution in [3.05, 3.63) is 58.3 Å². The van der Waals surface area contributed by atoms with Crippen molar-refractivity contribution >= 4 is 5.97 Å². The van der Waals surface area contributed by atoms with E-state index in [9.17, 15) is 20.6 Å². The second kappa shape index (κ2) is 7.02. The molecule has 1 aromatic carbocycles. The van der Waals surface area contributed by atoms with Gasteiger partial charge in [0, 0.05) is 23.9 Å². The Kier molecular flexibility index (Phi) is 4.61. The lowest BCUT2D eigenvalue weighted by Crippen LogP contribution is -2.51. The topological polar surface area (TPSA) is 127 Å². The predicted molar refractivity (Wildman–Crippen MR) is 107 cm³/mol. The fourth-order valence-electron chi connectivity index (χ4n) is 5.41. The van der Waals surface area contributed by atoms with Crippen molar-refractivity contribution in [2.45, 2.75) is 30.8 Å². The minimum Gasteiger partial charge on any atom is -0.465 e. The van der Waals surface area contributed by atoms with Gasteiger partial charge in [0.05, 0.1) is 36.1 Å². The Labute approximate surface area is 175 Å². The van der Waals surface area contributed by atoms with E-state index in [0.29, 0.717) is 5.56 Å². The summed E-state index contributed by atoms with van der Waals surface area (Å²) in [5.41, 5.74) is 6.92. The fourth-order valence-corrected chi connectivity index (χ4v) is 5.41.